The highest BCUT2D eigenvalue weighted by molar-refractivity contribution is 4.78. The lowest BCUT2D eigenvalue weighted by Gasteiger charge is -2.21. The minimum Gasteiger partial charge on any atom is -0.0622 e. The lowest BCUT2D eigenvalue weighted by Crippen LogP contribution is -2.10. The summed E-state index contributed by atoms with van der Waals surface area (Å²) in [5.74, 6) is 1.79. The van der Waals surface area contributed by atoms with E-state index in [1.165, 1.54) is 32.1 Å². The van der Waals surface area contributed by atoms with Crippen molar-refractivity contribution in [1.82, 2.24) is 0 Å². The van der Waals surface area contributed by atoms with E-state index >= 15 is 0 Å². The third-order valence-corrected chi connectivity index (χ3v) is 2.80. The van der Waals surface area contributed by atoms with Crippen molar-refractivity contribution >= 4 is 0 Å². The number of hydrogen-bond donors (Lipinski definition) is 0. The monoisotopic (exact) mass is 139 g/mol. The smallest absolute Gasteiger partial charge is 0.0355 e. The van der Waals surface area contributed by atoms with Crippen LogP contribution in [0.4, 0.5) is 0 Å². The second kappa shape index (κ2) is 4.00. The fraction of sp³-hybridized carbons (Fsp3) is 0.900. The van der Waals surface area contributed by atoms with Gasteiger partial charge < -0.3 is 0 Å². The van der Waals surface area contributed by atoms with Gasteiger partial charge in [-0.15, -0.1) is 0 Å². The molecule has 0 saturated heterocycles. The zero-order valence-corrected chi connectivity index (χ0v) is 7.27. The quantitative estimate of drug-likeness (QED) is 0.482. The molecule has 0 aromatic carbocycles. The molecule has 0 heteroatoms. The van der Waals surface area contributed by atoms with Gasteiger partial charge in [0.05, 0.1) is 0 Å². The van der Waals surface area contributed by atoms with Crippen molar-refractivity contribution in [2.24, 2.45) is 11.8 Å². The Morgan fingerprint density at radius 3 is 2.70 bits per heavy atom. The Bertz CT molecular complexity index is 74.0. The highest BCUT2D eigenvalue weighted by Crippen LogP contribution is 2.25. The topological polar surface area (TPSA) is 0 Å². The summed E-state index contributed by atoms with van der Waals surface area (Å²) >= 11 is 0. The predicted molar refractivity (Wildman–Crippen MR) is 45.7 cm³/mol. The van der Waals surface area contributed by atoms with E-state index in [4.69, 9.17) is 0 Å². The van der Waals surface area contributed by atoms with Crippen LogP contribution >= 0.6 is 0 Å². The van der Waals surface area contributed by atoms with Gasteiger partial charge in [-0.3, -0.25) is 0 Å². The van der Waals surface area contributed by atoms with Crippen molar-refractivity contribution in [3.05, 3.63) is 6.42 Å². The van der Waals surface area contributed by atoms with Crippen molar-refractivity contribution in [1.29, 1.82) is 0 Å². The number of rotatable bonds is 0. The summed E-state index contributed by atoms with van der Waals surface area (Å²) in [6.07, 6.45) is 9.64. The number of hydrogen-bond acceptors (Lipinski definition) is 0. The standard InChI is InChI=1S/C10H19/c1-9-7-5-3-4-6-8-10(9)2/h7,9-10H,3-6,8H2,1-2H3/t9-,10-/m0/s1. The molecular formula is C10H19. The second-order valence-electron chi connectivity index (χ2n) is 3.71. The van der Waals surface area contributed by atoms with Crippen LogP contribution in [0.15, 0.2) is 0 Å². The Kier molecular flexibility index (Phi) is 3.24. The van der Waals surface area contributed by atoms with E-state index in [-0.39, 0.29) is 0 Å². The normalized spacial score (nSPS) is 36.6. The minimum atomic E-state index is 0.861. The zero-order valence-electron chi connectivity index (χ0n) is 7.27. The average molecular weight is 139 g/mol. The van der Waals surface area contributed by atoms with Crippen LogP contribution < -0.4 is 0 Å². The van der Waals surface area contributed by atoms with E-state index in [1.807, 2.05) is 0 Å². The van der Waals surface area contributed by atoms with Crippen LogP contribution in [0, 0.1) is 18.3 Å². The molecule has 1 fully saturated rings. The maximum absolute atomic E-state index is 2.50. The lowest BCUT2D eigenvalue weighted by molar-refractivity contribution is 0.359. The first-order valence-corrected chi connectivity index (χ1v) is 4.64. The molecule has 0 amide bonds. The van der Waals surface area contributed by atoms with Crippen molar-refractivity contribution in [3.8, 4) is 0 Å². The average Bonchev–Trinajstić information content (AvgIpc) is 1.92. The fourth-order valence-corrected chi connectivity index (χ4v) is 1.66. The molecule has 1 radical (unpaired) electrons. The summed E-state index contributed by atoms with van der Waals surface area (Å²) in [6.45, 7) is 4.74. The molecule has 0 bridgehead atoms. The molecule has 1 aliphatic carbocycles. The van der Waals surface area contributed by atoms with Gasteiger partial charge in [0.15, 0.2) is 0 Å². The van der Waals surface area contributed by atoms with E-state index < -0.39 is 0 Å². The summed E-state index contributed by atoms with van der Waals surface area (Å²) in [7, 11) is 0. The highest BCUT2D eigenvalue weighted by Gasteiger charge is 2.13. The SMILES string of the molecule is C[C@H]1[CH]CCCCC[C@@H]1C. The van der Waals surface area contributed by atoms with Gasteiger partial charge in [-0.25, -0.2) is 0 Å². The van der Waals surface area contributed by atoms with Crippen molar-refractivity contribution in [3.63, 3.8) is 0 Å². The largest absolute Gasteiger partial charge is 0.0622 e. The fourth-order valence-electron chi connectivity index (χ4n) is 1.66. The Labute approximate surface area is 65.0 Å². The summed E-state index contributed by atoms with van der Waals surface area (Å²) in [6, 6.07) is 0. The van der Waals surface area contributed by atoms with Crippen LogP contribution in [-0.2, 0) is 0 Å². The van der Waals surface area contributed by atoms with Crippen molar-refractivity contribution in [2.75, 3.05) is 0 Å². The molecule has 10 heavy (non-hydrogen) atoms. The molecular weight excluding hydrogens is 120 g/mol. The van der Waals surface area contributed by atoms with Gasteiger partial charge in [-0.1, -0.05) is 39.5 Å². The maximum Gasteiger partial charge on any atom is -0.0355 e. The Morgan fingerprint density at radius 2 is 1.90 bits per heavy atom. The van der Waals surface area contributed by atoms with Crippen molar-refractivity contribution < 1.29 is 0 Å². The maximum atomic E-state index is 2.50. The summed E-state index contributed by atoms with van der Waals surface area (Å²) < 4.78 is 0. The molecule has 1 rings (SSSR count). The van der Waals surface area contributed by atoms with E-state index in [9.17, 15) is 0 Å². The van der Waals surface area contributed by atoms with Crippen LogP contribution in [0.5, 0.6) is 0 Å². The molecule has 0 aromatic rings. The van der Waals surface area contributed by atoms with Gasteiger partial charge in [0, 0.05) is 0 Å². The lowest BCUT2D eigenvalue weighted by atomic mass is 9.84. The molecule has 0 aromatic heterocycles. The highest BCUT2D eigenvalue weighted by atomic mass is 14.2. The molecule has 0 unspecified atom stereocenters. The zero-order chi connectivity index (χ0) is 7.40. The van der Waals surface area contributed by atoms with Crippen LogP contribution in [-0.4, -0.2) is 0 Å². The van der Waals surface area contributed by atoms with Crippen LogP contribution in [0.3, 0.4) is 0 Å². The van der Waals surface area contributed by atoms with Crippen LogP contribution in [0.1, 0.15) is 46.0 Å². The second-order valence-corrected chi connectivity index (χ2v) is 3.71. The Morgan fingerprint density at radius 1 is 1.10 bits per heavy atom. The molecule has 1 saturated carbocycles. The van der Waals surface area contributed by atoms with E-state index in [2.05, 4.69) is 20.3 Å². The molecule has 0 spiro atoms. The molecule has 59 valence electrons. The molecule has 0 N–H and O–H groups in total. The van der Waals surface area contributed by atoms with E-state index in [0.29, 0.717) is 0 Å². The minimum absolute atomic E-state index is 0.861. The summed E-state index contributed by atoms with van der Waals surface area (Å²) in [5, 5.41) is 0. The predicted octanol–water partition coefficient (Wildman–Crippen LogP) is 3.43. The first kappa shape index (κ1) is 8.10. The summed E-state index contributed by atoms with van der Waals surface area (Å²) in [4.78, 5) is 0. The van der Waals surface area contributed by atoms with Gasteiger partial charge >= 0.3 is 0 Å². The molecule has 0 heterocycles. The first-order valence-electron chi connectivity index (χ1n) is 4.64. The van der Waals surface area contributed by atoms with Crippen LogP contribution in [0.25, 0.3) is 0 Å². The van der Waals surface area contributed by atoms with Gasteiger partial charge in [-0.2, -0.15) is 0 Å². The molecule has 0 aliphatic heterocycles. The third-order valence-electron chi connectivity index (χ3n) is 2.80. The van der Waals surface area contributed by atoms with Crippen LogP contribution in [0.2, 0.25) is 0 Å². The molecule has 0 nitrogen and oxygen atoms in total. The van der Waals surface area contributed by atoms with E-state index in [0.717, 1.165) is 11.8 Å². The third kappa shape index (κ3) is 2.32. The van der Waals surface area contributed by atoms with Gasteiger partial charge in [0.2, 0.25) is 0 Å². The van der Waals surface area contributed by atoms with Gasteiger partial charge in [0.1, 0.15) is 0 Å². The molecule has 1 aliphatic rings. The van der Waals surface area contributed by atoms with Gasteiger partial charge in [0.25, 0.3) is 0 Å². The van der Waals surface area contributed by atoms with Crippen molar-refractivity contribution in [2.45, 2.75) is 46.0 Å². The van der Waals surface area contributed by atoms with Gasteiger partial charge in [-0.05, 0) is 24.7 Å². The van der Waals surface area contributed by atoms with E-state index in [1.54, 1.807) is 0 Å². The Balaban J connectivity index is 2.28. The summed E-state index contributed by atoms with van der Waals surface area (Å²) in [5.41, 5.74) is 0. The Hall–Kier alpha value is 0. The molecule has 2 atom stereocenters. The first-order chi connectivity index (χ1) is 4.80.